The van der Waals surface area contributed by atoms with E-state index in [1.54, 1.807) is 0 Å². The maximum atomic E-state index is 13.8. The van der Waals surface area contributed by atoms with E-state index in [-0.39, 0.29) is 17.9 Å². The van der Waals surface area contributed by atoms with Crippen LogP contribution in [0, 0.1) is 11.6 Å². The number of nitrogens with one attached hydrogen (secondary N) is 1. The van der Waals surface area contributed by atoms with Crippen molar-refractivity contribution in [2.75, 3.05) is 0 Å². The van der Waals surface area contributed by atoms with Crippen molar-refractivity contribution in [2.24, 2.45) is 0 Å². The van der Waals surface area contributed by atoms with Crippen LogP contribution in [0.15, 0.2) is 34.1 Å². The first-order valence-electron chi connectivity index (χ1n) is 6.55. The van der Waals surface area contributed by atoms with E-state index in [2.05, 4.69) is 21.2 Å². The first-order valence-corrected chi connectivity index (χ1v) is 8.22. The molecule has 0 spiro atoms. The third-order valence-electron chi connectivity index (χ3n) is 3.78. The van der Waals surface area contributed by atoms with Crippen LogP contribution in [0.2, 0.25) is 0 Å². The van der Waals surface area contributed by atoms with Gasteiger partial charge in [-0.15, -0.1) is 11.3 Å². The molecule has 0 saturated heterocycles. The molecule has 1 aromatic heterocycles. The number of benzene rings is 1. The van der Waals surface area contributed by atoms with Crippen molar-refractivity contribution in [3.05, 3.63) is 56.2 Å². The lowest BCUT2D eigenvalue weighted by molar-refractivity contribution is 0.0907. The van der Waals surface area contributed by atoms with Crippen LogP contribution in [0.1, 0.15) is 34.0 Å². The molecule has 2 aromatic rings. The molecule has 0 radical (unpaired) electrons. The van der Waals surface area contributed by atoms with E-state index in [0.29, 0.717) is 10.4 Å². The third kappa shape index (κ3) is 2.87. The summed E-state index contributed by atoms with van der Waals surface area (Å²) in [6, 6.07) is 5.33. The monoisotopic (exact) mass is 371 g/mol. The Kier molecular flexibility index (Phi) is 4.08. The minimum absolute atomic E-state index is 0.0895. The molecule has 1 aromatic carbocycles. The molecule has 3 rings (SSSR count). The van der Waals surface area contributed by atoms with E-state index in [4.69, 9.17) is 0 Å². The van der Waals surface area contributed by atoms with E-state index in [9.17, 15) is 13.6 Å². The fraction of sp³-hybridized carbons (Fsp3) is 0.267. The number of carbonyl (C=O) groups excluding carboxylic acids is 1. The molecule has 1 saturated carbocycles. The van der Waals surface area contributed by atoms with Gasteiger partial charge in [-0.3, -0.25) is 4.79 Å². The number of carbonyl (C=O) groups is 1. The van der Waals surface area contributed by atoms with Crippen molar-refractivity contribution in [1.29, 1.82) is 0 Å². The minimum Gasteiger partial charge on any atom is -0.348 e. The molecule has 1 heterocycles. The van der Waals surface area contributed by atoms with Gasteiger partial charge in [0.1, 0.15) is 16.5 Å². The van der Waals surface area contributed by atoms with E-state index in [0.717, 1.165) is 23.4 Å². The van der Waals surface area contributed by atoms with Gasteiger partial charge in [0.05, 0.1) is 0 Å². The van der Waals surface area contributed by atoms with Gasteiger partial charge >= 0.3 is 0 Å². The number of rotatable bonds is 3. The number of thiophene rings is 1. The maximum absolute atomic E-state index is 13.8. The van der Waals surface area contributed by atoms with Gasteiger partial charge in [0.15, 0.2) is 0 Å². The summed E-state index contributed by atoms with van der Waals surface area (Å²) in [6.07, 6.45) is 1.59. The fourth-order valence-electron chi connectivity index (χ4n) is 2.54. The molecule has 21 heavy (non-hydrogen) atoms. The highest BCUT2D eigenvalue weighted by atomic mass is 79.9. The molecule has 6 heteroatoms. The van der Waals surface area contributed by atoms with E-state index in [1.165, 1.54) is 23.5 Å². The zero-order valence-corrected chi connectivity index (χ0v) is 13.3. The van der Waals surface area contributed by atoms with Crippen LogP contribution < -0.4 is 5.32 Å². The summed E-state index contributed by atoms with van der Waals surface area (Å²) in [5.41, 5.74) is 0.471. The van der Waals surface area contributed by atoms with E-state index < -0.39 is 11.6 Å². The highest BCUT2D eigenvalue weighted by molar-refractivity contribution is 9.10. The summed E-state index contributed by atoms with van der Waals surface area (Å²) in [4.78, 5) is 12.8. The van der Waals surface area contributed by atoms with Gasteiger partial charge in [0.2, 0.25) is 0 Å². The number of halogens is 3. The molecule has 1 fully saturated rings. The second kappa shape index (κ2) is 5.85. The lowest BCUT2D eigenvalue weighted by atomic mass is 9.75. The summed E-state index contributed by atoms with van der Waals surface area (Å²) in [5.74, 6) is -1.38. The van der Waals surface area contributed by atoms with Crippen molar-refractivity contribution in [2.45, 2.75) is 24.8 Å². The molecule has 2 atom stereocenters. The maximum Gasteiger partial charge on any atom is 0.262 e. The summed E-state index contributed by atoms with van der Waals surface area (Å²) in [7, 11) is 0. The van der Waals surface area contributed by atoms with Crippen LogP contribution in [-0.4, -0.2) is 11.9 Å². The SMILES string of the molecule is O=C(N[C@H]1CC[C@H]1c1ccc(F)cc1F)c1sccc1Br. The Bertz CT molecular complexity index is 688. The Morgan fingerprint density at radius 3 is 2.67 bits per heavy atom. The lowest BCUT2D eigenvalue weighted by Crippen LogP contribution is -2.45. The van der Waals surface area contributed by atoms with Gasteiger partial charge < -0.3 is 5.32 Å². The van der Waals surface area contributed by atoms with Crippen molar-refractivity contribution in [1.82, 2.24) is 5.32 Å². The van der Waals surface area contributed by atoms with Crippen LogP contribution in [-0.2, 0) is 0 Å². The zero-order chi connectivity index (χ0) is 15.0. The smallest absolute Gasteiger partial charge is 0.262 e. The lowest BCUT2D eigenvalue weighted by Gasteiger charge is -2.37. The summed E-state index contributed by atoms with van der Waals surface area (Å²) < 4.78 is 27.5. The molecular weight excluding hydrogens is 360 g/mol. The second-order valence-corrected chi connectivity index (χ2v) is 6.80. The minimum atomic E-state index is -0.585. The van der Waals surface area contributed by atoms with Crippen LogP contribution in [0.3, 0.4) is 0 Å². The number of hydrogen-bond acceptors (Lipinski definition) is 2. The number of amides is 1. The van der Waals surface area contributed by atoms with Gasteiger partial charge in [-0.1, -0.05) is 6.07 Å². The zero-order valence-electron chi connectivity index (χ0n) is 10.9. The van der Waals surface area contributed by atoms with Gasteiger partial charge in [-0.2, -0.15) is 0 Å². The highest BCUT2D eigenvalue weighted by Gasteiger charge is 2.35. The van der Waals surface area contributed by atoms with Crippen molar-refractivity contribution < 1.29 is 13.6 Å². The van der Waals surface area contributed by atoms with Gasteiger partial charge in [0.25, 0.3) is 5.91 Å². The fourth-order valence-corrected chi connectivity index (χ4v) is 3.99. The van der Waals surface area contributed by atoms with Crippen LogP contribution >= 0.6 is 27.3 Å². The van der Waals surface area contributed by atoms with Crippen LogP contribution in [0.5, 0.6) is 0 Å². The average molecular weight is 372 g/mol. The molecule has 1 amide bonds. The topological polar surface area (TPSA) is 29.1 Å². The molecule has 0 bridgehead atoms. The molecule has 1 aliphatic carbocycles. The van der Waals surface area contributed by atoms with Gasteiger partial charge in [-0.05, 0) is 51.8 Å². The quantitative estimate of drug-likeness (QED) is 0.847. The molecule has 2 nitrogen and oxygen atoms in total. The molecule has 0 aliphatic heterocycles. The predicted molar refractivity (Wildman–Crippen MR) is 81.6 cm³/mol. The first-order chi connectivity index (χ1) is 10.1. The number of hydrogen-bond donors (Lipinski definition) is 1. The molecule has 0 unspecified atom stereocenters. The van der Waals surface area contributed by atoms with Crippen molar-refractivity contribution in [3.63, 3.8) is 0 Å². The summed E-state index contributed by atoms with van der Waals surface area (Å²) in [5, 5.41) is 4.76. The van der Waals surface area contributed by atoms with E-state index >= 15 is 0 Å². The Morgan fingerprint density at radius 2 is 2.10 bits per heavy atom. The predicted octanol–water partition coefficient (Wildman–Crippen LogP) is 4.46. The van der Waals surface area contributed by atoms with Crippen molar-refractivity contribution >= 4 is 33.2 Å². The van der Waals surface area contributed by atoms with E-state index in [1.807, 2.05) is 11.4 Å². The Morgan fingerprint density at radius 1 is 1.29 bits per heavy atom. The normalized spacial score (nSPS) is 20.9. The first kappa shape index (κ1) is 14.7. The van der Waals surface area contributed by atoms with Gasteiger partial charge in [0, 0.05) is 22.5 Å². The second-order valence-electron chi connectivity index (χ2n) is 5.03. The Labute approximate surface area is 133 Å². The molecule has 1 N–H and O–H groups in total. The standard InChI is InChI=1S/C15H12BrF2NOS/c16-11-5-6-21-14(11)15(20)19-13-4-3-10(13)9-2-1-8(17)7-12(9)18/h1-2,5-7,10,13H,3-4H2,(H,19,20)/t10-,13-/m0/s1. The Balaban J connectivity index is 1.73. The largest absolute Gasteiger partial charge is 0.348 e. The van der Waals surface area contributed by atoms with Crippen molar-refractivity contribution in [3.8, 4) is 0 Å². The third-order valence-corrected chi connectivity index (χ3v) is 5.61. The molecule has 110 valence electrons. The summed E-state index contributed by atoms with van der Waals surface area (Å²) in [6.45, 7) is 0. The van der Waals surface area contributed by atoms with Gasteiger partial charge in [-0.25, -0.2) is 8.78 Å². The Hall–Kier alpha value is -1.27. The van der Waals surface area contributed by atoms with Crippen LogP contribution in [0.4, 0.5) is 8.78 Å². The molecule has 1 aliphatic rings. The summed E-state index contributed by atoms with van der Waals surface area (Å²) >= 11 is 4.68. The highest BCUT2D eigenvalue weighted by Crippen LogP contribution is 2.38. The average Bonchev–Trinajstić information content (AvgIpc) is 2.84. The van der Waals surface area contributed by atoms with Crippen LogP contribution in [0.25, 0.3) is 0 Å². The molecular formula is C15H12BrF2NOS.